The van der Waals surface area contributed by atoms with E-state index in [0.29, 0.717) is 0 Å². The molecule has 0 saturated heterocycles. The molecule has 3 N–H and O–H groups in total. The van der Waals surface area contributed by atoms with Gasteiger partial charge >= 0.3 is 7.60 Å². The van der Waals surface area contributed by atoms with E-state index in [2.05, 4.69) is 0 Å². The molecule has 11 heavy (non-hydrogen) atoms. The summed E-state index contributed by atoms with van der Waals surface area (Å²) in [6, 6.07) is 0. The zero-order valence-corrected chi connectivity index (χ0v) is 6.14. The Morgan fingerprint density at radius 3 is 2.27 bits per heavy atom. The van der Waals surface area contributed by atoms with E-state index < -0.39 is 19.7 Å². The van der Waals surface area contributed by atoms with Gasteiger partial charge in [-0.05, 0) is 0 Å². The number of carbonyl (C=O) groups is 2. The molecule has 0 saturated carbocycles. The van der Waals surface area contributed by atoms with E-state index in [4.69, 9.17) is 15.0 Å². The first-order valence-corrected chi connectivity index (χ1v) is 3.99. The third-order valence-electron chi connectivity index (χ3n) is 0.744. The van der Waals surface area contributed by atoms with E-state index in [-0.39, 0.29) is 11.5 Å². The van der Waals surface area contributed by atoms with Gasteiger partial charge in [-0.3, -0.25) is 19.4 Å². The van der Waals surface area contributed by atoms with Crippen molar-refractivity contribution in [2.45, 2.75) is 0 Å². The smallest absolute Gasteiger partial charge is 0.319 e. The molecule has 0 unspecified atom stereocenters. The Kier molecular flexibility index (Phi) is 3.34. The first kappa shape index (κ1) is 10.2. The largest absolute Gasteiger partial charge is 0.393 e. The van der Waals surface area contributed by atoms with Crippen molar-refractivity contribution in [3.63, 3.8) is 0 Å². The first-order chi connectivity index (χ1) is 4.88. The molecule has 0 aliphatic heterocycles. The van der Waals surface area contributed by atoms with Gasteiger partial charge in [-0.15, -0.1) is 0 Å². The molecule has 0 radical (unpaired) electrons. The van der Waals surface area contributed by atoms with Gasteiger partial charge in [0.2, 0.25) is 6.41 Å². The van der Waals surface area contributed by atoms with Gasteiger partial charge in [0.15, 0.2) is 0 Å². The fourth-order valence-electron chi connectivity index (χ4n) is 0.268. The Balaban J connectivity index is 4.09. The number of hydrogen-bond acceptors (Lipinski definition) is 4. The molecule has 0 bridgehead atoms. The summed E-state index contributed by atoms with van der Waals surface area (Å²) in [5.74, 6) is 0. The third kappa shape index (κ3) is 3.84. The number of hydrogen-bond donors (Lipinski definition) is 3. The number of amides is 1. The molecule has 1 amide bonds. The van der Waals surface area contributed by atoms with Gasteiger partial charge in [0.25, 0.3) is 5.52 Å². The van der Waals surface area contributed by atoms with Crippen LogP contribution >= 0.6 is 7.60 Å². The van der Waals surface area contributed by atoms with Crippen LogP contribution < -0.4 is 0 Å². The van der Waals surface area contributed by atoms with E-state index in [1.54, 1.807) is 0 Å². The van der Waals surface area contributed by atoms with Crippen LogP contribution in [0.2, 0.25) is 0 Å². The minimum atomic E-state index is -4.82. The average molecular weight is 183 g/mol. The van der Waals surface area contributed by atoms with Crippen molar-refractivity contribution in [1.29, 1.82) is 0 Å². The van der Waals surface area contributed by atoms with Crippen molar-refractivity contribution in [2.24, 2.45) is 0 Å². The highest BCUT2D eigenvalue weighted by molar-refractivity contribution is 7.70. The van der Waals surface area contributed by atoms with Crippen LogP contribution in [0.1, 0.15) is 0 Å². The SMILES string of the molecule is O=CN(O)CC(=O)P(=O)(O)O. The van der Waals surface area contributed by atoms with Crippen molar-refractivity contribution in [3.05, 3.63) is 0 Å². The van der Waals surface area contributed by atoms with Crippen LogP contribution in [-0.4, -0.2) is 38.5 Å². The van der Waals surface area contributed by atoms with Crippen LogP contribution in [0.5, 0.6) is 0 Å². The molecule has 0 rings (SSSR count). The lowest BCUT2D eigenvalue weighted by atomic mass is 10.7. The van der Waals surface area contributed by atoms with Crippen molar-refractivity contribution in [2.75, 3.05) is 6.54 Å². The molecule has 0 spiro atoms. The van der Waals surface area contributed by atoms with Crippen LogP contribution in [-0.2, 0) is 14.2 Å². The second-order valence-electron chi connectivity index (χ2n) is 1.64. The summed E-state index contributed by atoms with van der Waals surface area (Å²) in [5, 5.41) is 8.14. The van der Waals surface area contributed by atoms with Gasteiger partial charge in [0.05, 0.1) is 0 Å². The first-order valence-electron chi connectivity index (χ1n) is 2.37. The molecule has 0 aromatic heterocycles. The molecule has 0 atom stereocenters. The number of carbonyl (C=O) groups excluding carboxylic acids is 2. The third-order valence-corrected chi connectivity index (χ3v) is 1.54. The Bertz CT molecular complexity index is 208. The van der Waals surface area contributed by atoms with Crippen molar-refractivity contribution in [3.8, 4) is 0 Å². The van der Waals surface area contributed by atoms with Gasteiger partial charge in [-0.25, -0.2) is 5.06 Å². The molecular formula is C3H6NO6P. The maximum absolute atomic E-state index is 10.3. The van der Waals surface area contributed by atoms with Crippen LogP contribution in [0.3, 0.4) is 0 Å². The lowest BCUT2D eigenvalue weighted by Gasteiger charge is -2.06. The Morgan fingerprint density at radius 1 is 1.55 bits per heavy atom. The zero-order valence-electron chi connectivity index (χ0n) is 5.25. The number of hydroxylamine groups is 2. The standard InChI is InChI=1S/C3H6NO6P/c5-2-4(7)1-3(6)11(8,9)10/h2,7H,1H2,(H2,8,9,10). The van der Waals surface area contributed by atoms with E-state index in [0.717, 1.165) is 0 Å². The van der Waals surface area contributed by atoms with Gasteiger partial charge in [0, 0.05) is 0 Å². The molecule has 0 aliphatic rings. The minimum Gasteiger partial charge on any atom is -0.319 e. The summed E-state index contributed by atoms with van der Waals surface area (Å²) in [6.45, 7) is -1.01. The van der Waals surface area contributed by atoms with Crippen LogP contribution in [0.25, 0.3) is 0 Å². The van der Waals surface area contributed by atoms with Gasteiger partial charge < -0.3 is 9.79 Å². The zero-order chi connectivity index (χ0) is 9.07. The Morgan fingerprint density at radius 2 is 2.00 bits per heavy atom. The molecule has 0 aliphatic carbocycles. The van der Waals surface area contributed by atoms with Crippen LogP contribution in [0.15, 0.2) is 0 Å². The fourth-order valence-corrected chi connectivity index (χ4v) is 0.597. The van der Waals surface area contributed by atoms with E-state index in [9.17, 15) is 14.2 Å². The normalized spacial score (nSPS) is 10.8. The quantitative estimate of drug-likeness (QED) is 0.212. The lowest BCUT2D eigenvalue weighted by molar-refractivity contribution is -0.153. The van der Waals surface area contributed by atoms with Gasteiger partial charge in [0.1, 0.15) is 6.54 Å². The highest BCUT2D eigenvalue weighted by atomic mass is 31.2. The maximum Gasteiger partial charge on any atom is 0.393 e. The van der Waals surface area contributed by atoms with Gasteiger partial charge in [-0.2, -0.15) is 0 Å². The summed E-state index contributed by atoms with van der Waals surface area (Å²) in [4.78, 5) is 36.2. The molecule has 0 fully saturated rings. The van der Waals surface area contributed by atoms with Crippen molar-refractivity contribution >= 4 is 19.5 Å². The topological polar surface area (TPSA) is 115 Å². The van der Waals surface area contributed by atoms with E-state index in [1.165, 1.54) is 0 Å². The average Bonchev–Trinajstić information content (AvgIpc) is 1.85. The minimum absolute atomic E-state index is 0.131. The van der Waals surface area contributed by atoms with Crippen LogP contribution in [0, 0.1) is 0 Å². The predicted octanol–water partition coefficient (Wildman–Crippen LogP) is -1.46. The Labute approximate surface area is 61.4 Å². The molecule has 64 valence electrons. The lowest BCUT2D eigenvalue weighted by Crippen LogP contribution is -2.24. The van der Waals surface area contributed by atoms with Crippen LogP contribution in [0.4, 0.5) is 0 Å². The van der Waals surface area contributed by atoms with Gasteiger partial charge in [-0.1, -0.05) is 0 Å². The van der Waals surface area contributed by atoms with E-state index >= 15 is 0 Å². The summed E-state index contributed by atoms with van der Waals surface area (Å²) in [6.07, 6.45) is -0.131. The monoisotopic (exact) mass is 183 g/mol. The predicted molar refractivity (Wildman–Crippen MR) is 31.6 cm³/mol. The second-order valence-corrected chi connectivity index (χ2v) is 3.23. The molecule has 0 aromatic carbocycles. The molecule has 8 heteroatoms. The molecule has 7 nitrogen and oxygen atoms in total. The number of nitrogens with zero attached hydrogens (tertiary/aromatic N) is 1. The van der Waals surface area contributed by atoms with E-state index in [1.807, 2.05) is 0 Å². The molecule has 0 aromatic rings. The highest BCUT2D eigenvalue weighted by Gasteiger charge is 2.26. The maximum atomic E-state index is 10.3. The summed E-state index contributed by atoms with van der Waals surface area (Å²) >= 11 is 0. The Hall–Kier alpha value is -0.750. The highest BCUT2D eigenvalue weighted by Crippen LogP contribution is 2.35. The van der Waals surface area contributed by atoms with Crippen molar-refractivity contribution < 1.29 is 29.1 Å². The second kappa shape index (κ2) is 3.59. The van der Waals surface area contributed by atoms with Crippen molar-refractivity contribution in [1.82, 2.24) is 5.06 Å². The molecular weight excluding hydrogens is 177 g/mol. The summed E-state index contributed by atoms with van der Waals surface area (Å²) in [5.41, 5.74) is -1.51. The molecule has 0 heterocycles. The fraction of sp³-hybridized carbons (Fsp3) is 0.333. The summed E-state index contributed by atoms with van der Waals surface area (Å²) < 4.78 is 10.1. The summed E-state index contributed by atoms with van der Waals surface area (Å²) in [7, 11) is -4.82. The number of rotatable bonds is 4.